The topological polar surface area (TPSA) is 74.2 Å². The lowest BCUT2D eigenvalue weighted by atomic mass is 9.99. The van der Waals surface area contributed by atoms with Gasteiger partial charge in [-0.25, -0.2) is 4.98 Å². The summed E-state index contributed by atoms with van der Waals surface area (Å²) >= 11 is 6.04. The number of carboxylic acid groups (broad SMARTS) is 1. The maximum absolute atomic E-state index is 8.36. The van der Waals surface area contributed by atoms with Crippen LogP contribution in [0.4, 0.5) is 11.5 Å². The molecule has 0 saturated heterocycles. The zero-order valence-electron chi connectivity index (χ0n) is 15.2. The van der Waals surface area contributed by atoms with Crippen molar-refractivity contribution >= 4 is 29.6 Å². The van der Waals surface area contributed by atoms with Crippen LogP contribution >= 0.6 is 11.6 Å². The summed E-state index contributed by atoms with van der Waals surface area (Å²) in [5.41, 5.74) is 3.59. The van der Waals surface area contributed by atoms with E-state index in [1.165, 1.54) is 24.0 Å². The molecule has 1 heterocycles. The zero-order valence-corrected chi connectivity index (χ0v) is 16.0. The van der Waals surface area contributed by atoms with Gasteiger partial charge in [-0.1, -0.05) is 31.5 Å². The maximum atomic E-state index is 8.36. The quantitative estimate of drug-likeness (QED) is 0.606. The predicted octanol–water partition coefficient (Wildman–Crippen LogP) is 4.80. The first-order chi connectivity index (χ1) is 12.5. The Balaban J connectivity index is 0.000000758. The number of nitrogens with one attached hydrogen (secondary N) is 2. The molecule has 1 aromatic carbocycles. The lowest BCUT2D eigenvalue weighted by Crippen LogP contribution is -2.17. The van der Waals surface area contributed by atoms with Gasteiger partial charge >= 0.3 is 0 Å². The highest BCUT2D eigenvalue weighted by molar-refractivity contribution is 6.30. The molecule has 3 N–H and O–H groups in total. The highest BCUT2D eigenvalue weighted by Crippen LogP contribution is 2.28. The Bertz CT molecular complexity index is 718. The van der Waals surface area contributed by atoms with Gasteiger partial charge in [0, 0.05) is 23.5 Å². The van der Waals surface area contributed by atoms with E-state index in [9.17, 15) is 0 Å². The van der Waals surface area contributed by atoms with E-state index in [1.807, 2.05) is 30.5 Å². The second-order valence-electron chi connectivity index (χ2n) is 6.74. The van der Waals surface area contributed by atoms with Crippen LogP contribution in [-0.4, -0.2) is 23.1 Å². The standard InChI is InChI=1S/C19H24ClN3.CH2O2/c1-13(2)18-9-19(23-17-5-3-4-16(20)8-17)22-12-15(18)11-21-10-14-6-7-14;2-1-3/h3-5,8-9,12-14,21H,6-7,10-11H2,1-2H3,(H,22,23);1H,(H,2,3). The third-order valence-electron chi connectivity index (χ3n) is 4.19. The van der Waals surface area contributed by atoms with Gasteiger partial charge in [-0.3, -0.25) is 4.79 Å². The van der Waals surface area contributed by atoms with Gasteiger partial charge in [-0.05, 0) is 66.6 Å². The number of aromatic nitrogens is 1. The van der Waals surface area contributed by atoms with Gasteiger partial charge in [-0.2, -0.15) is 0 Å². The molecule has 1 saturated carbocycles. The molecule has 0 unspecified atom stereocenters. The molecule has 140 valence electrons. The first-order valence-electron chi connectivity index (χ1n) is 8.83. The Morgan fingerprint density at radius 3 is 2.69 bits per heavy atom. The molecule has 26 heavy (non-hydrogen) atoms. The van der Waals surface area contributed by atoms with Crippen molar-refractivity contribution in [1.82, 2.24) is 10.3 Å². The molecule has 2 aromatic rings. The summed E-state index contributed by atoms with van der Waals surface area (Å²) in [7, 11) is 0. The number of nitrogens with zero attached hydrogens (tertiary/aromatic N) is 1. The molecule has 1 aliphatic rings. The highest BCUT2D eigenvalue weighted by Gasteiger charge is 2.20. The Labute approximate surface area is 159 Å². The van der Waals surface area contributed by atoms with Crippen molar-refractivity contribution in [1.29, 1.82) is 0 Å². The average Bonchev–Trinajstić information content (AvgIpc) is 3.41. The predicted molar refractivity (Wildman–Crippen MR) is 106 cm³/mol. The Hall–Kier alpha value is -2.11. The Morgan fingerprint density at radius 2 is 2.08 bits per heavy atom. The van der Waals surface area contributed by atoms with E-state index >= 15 is 0 Å². The molecule has 6 heteroatoms. The van der Waals surface area contributed by atoms with Crippen molar-refractivity contribution < 1.29 is 9.90 Å². The molecule has 0 aliphatic heterocycles. The molecule has 1 fully saturated rings. The van der Waals surface area contributed by atoms with Crippen LogP contribution in [0.3, 0.4) is 0 Å². The maximum Gasteiger partial charge on any atom is 0.290 e. The third kappa shape index (κ3) is 6.65. The van der Waals surface area contributed by atoms with Gasteiger partial charge in [0.15, 0.2) is 0 Å². The van der Waals surface area contributed by atoms with Gasteiger partial charge in [0.25, 0.3) is 6.47 Å². The summed E-state index contributed by atoms with van der Waals surface area (Å²) < 4.78 is 0. The Morgan fingerprint density at radius 1 is 1.35 bits per heavy atom. The zero-order chi connectivity index (χ0) is 18.9. The van der Waals surface area contributed by atoms with Crippen molar-refractivity contribution in [3.63, 3.8) is 0 Å². The molecular weight excluding hydrogens is 350 g/mol. The van der Waals surface area contributed by atoms with Crippen LogP contribution in [0.5, 0.6) is 0 Å². The molecule has 3 rings (SSSR count). The number of rotatable bonds is 7. The monoisotopic (exact) mass is 375 g/mol. The summed E-state index contributed by atoms with van der Waals surface area (Å²) in [6.45, 7) is 6.22. The van der Waals surface area contributed by atoms with Crippen molar-refractivity contribution in [2.75, 3.05) is 11.9 Å². The van der Waals surface area contributed by atoms with Crippen LogP contribution in [-0.2, 0) is 11.3 Å². The van der Waals surface area contributed by atoms with E-state index in [1.54, 1.807) is 0 Å². The van der Waals surface area contributed by atoms with Crippen LogP contribution in [0.15, 0.2) is 36.5 Å². The van der Waals surface area contributed by atoms with Gasteiger partial charge in [-0.15, -0.1) is 0 Å². The third-order valence-corrected chi connectivity index (χ3v) is 4.42. The van der Waals surface area contributed by atoms with E-state index in [0.29, 0.717) is 5.92 Å². The first kappa shape index (κ1) is 20.2. The molecule has 0 bridgehead atoms. The minimum atomic E-state index is -0.250. The molecule has 5 nitrogen and oxygen atoms in total. The smallest absolute Gasteiger partial charge is 0.290 e. The number of pyridine rings is 1. The molecule has 0 radical (unpaired) electrons. The van der Waals surface area contributed by atoms with Gasteiger partial charge in [0.1, 0.15) is 5.82 Å². The number of hydrogen-bond donors (Lipinski definition) is 3. The van der Waals surface area contributed by atoms with E-state index in [0.717, 1.165) is 35.5 Å². The van der Waals surface area contributed by atoms with Crippen LogP contribution in [0, 0.1) is 5.92 Å². The number of benzene rings is 1. The molecule has 0 amide bonds. The van der Waals surface area contributed by atoms with Crippen LogP contribution in [0.25, 0.3) is 0 Å². The van der Waals surface area contributed by atoms with Crippen LogP contribution < -0.4 is 10.6 Å². The molecule has 1 aromatic heterocycles. The van der Waals surface area contributed by atoms with Crippen molar-refractivity contribution in [3.8, 4) is 0 Å². The van der Waals surface area contributed by atoms with Gasteiger partial charge in [0.2, 0.25) is 0 Å². The van der Waals surface area contributed by atoms with Crippen molar-refractivity contribution in [3.05, 3.63) is 52.7 Å². The van der Waals surface area contributed by atoms with Crippen molar-refractivity contribution in [2.24, 2.45) is 5.92 Å². The minimum absolute atomic E-state index is 0.250. The minimum Gasteiger partial charge on any atom is -0.483 e. The van der Waals surface area contributed by atoms with Crippen LogP contribution in [0.1, 0.15) is 43.7 Å². The van der Waals surface area contributed by atoms with E-state index in [4.69, 9.17) is 21.5 Å². The second-order valence-corrected chi connectivity index (χ2v) is 7.17. The number of anilines is 2. The van der Waals surface area contributed by atoms with Gasteiger partial charge < -0.3 is 15.7 Å². The van der Waals surface area contributed by atoms with Gasteiger partial charge in [0.05, 0.1) is 0 Å². The SMILES string of the molecule is CC(C)c1cc(Nc2cccc(Cl)c2)ncc1CNCC1CC1.O=CO. The fraction of sp³-hybridized carbons (Fsp3) is 0.400. The van der Waals surface area contributed by atoms with E-state index < -0.39 is 0 Å². The molecule has 1 aliphatic carbocycles. The lowest BCUT2D eigenvalue weighted by molar-refractivity contribution is -0.122. The van der Waals surface area contributed by atoms with Crippen LogP contribution in [0.2, 0.25) is 5.02 Å². The number of hydrogen-bond acceptors (Lipinski definition) is 4. The highest BCUT2D eigenvalue weighted by atomic mass is 35.5. The molecular formula is C20H26ClN3O2. The van der Waals surface area contributed by atoms with E-state index in [-0.39, 0.29) is 6.47 Å². The number of halogens is 1. The average molecular weight is 376 g/mol. The summed E-state index contributed by atoms with van der Waals surface area (Å²) in [5.74, 6) is 2.23. The summed E-state index contributed by atoms with van der Waals surface area (Å²) in [5, 5.41) is 14.5. The largest absolute Gasteiger partial charge is 0.483 e. The lowest BCUT2D eigenvalue weighted by Gasteiger charge is -2.15. The summed E-state index contributed by atoms with van der Waals surface area (Å²) in [6.07, 6.45) is 4.75. The Kier molecular flexibility index (Phi) is 7.88. The fourth-order valence-electron chi connectivity index (χ4n) is 2.70. The van der Waals surface area contributed by atoms with E-state index in [2.05, 4.69) is 35.5 Å². The summed E-state index contributed by atoms with van der Waals surface area (Å²) in [6, 6.07) is 9.86. The second kappa shape index (κ2) is 10.1. The van der Waals surface area contributed by atoms with Crippen molar-refractivity contribution in [2.45, 2.75) is 39.2 Å². The molecule has 0 spiro atoms. The number of carbonyl (C=O) groups is 1. The molecule has 0 atom stereocenters. The summed E-state index contributed by atoms with van der Waals surface area (Å²) in [4.78, 5) is 12.9. The normalized spacial score (nSPS) is 13.1. The first-order valence-corrected chi connectivity index (χ1v) is 9.21. The fourth-order valence-corrected chi connectivity index (χ4v) is 2.89.